The molecule has 0 fully saturated rings. The Morgan fingerprint density at radius 2 is 1.29 bits per heavy atom. The summed E-state index contributed by atoms with van der Waals surface area (Å²) in [7, 11) is 0. The van der Waals surface area contributed by atoms with E-state index in [-0.39, 0.29) is 5.82 Å². The fraction of sp³-hybridized carbons (Fsp3) is 0. The molecule has 136 valence electrons. The Balaban J connectivity index is 1.72. The molecule has 0 unspecified atom stereocenters. The van der Waals surface area contributed by atoms with E-state index < -0.39 is 0 Å². The number of hydrogen-bond donors (Lipinski definition) is 0. The van der Waals surface area contributed by atoms with E-state index >= 15 is 0 Å². The molecule has 0 aliphatic carbocycles. The van der Waals surface area contributed by atoms with Gasteiger partial charge in [-0.3, -0.25) is 3.11 Å². The Morgan fingerprint density at radius 3 is 2.07 bits per heavy atom. The van der Waals surface area contributed by atoms with Gasteiger partial charge in [0.05, 0.1) is 45.3 Å². The normalized spacial score (nSPS) is 11.2. The van der Waals surface area contributed by atoms with Crippen molar-refractivity contribution < 1.29 is 4.39 Å². The topological polar surface area (TPSA) is 8.17 Å². The summed E-state index contributed by atoms with van der Waals surface area (Å²) in [4.78, 5) is 0. The van der Waals surface area contributed by atoms with Crippen LogP contribution in [0, 0.1) is 5.82 Å². The summed E-state index contributed by atoms with van der Waals surface area (Å²) < 4.78 is 17.6. The zero-order valence-electron chi connectivity index (χ0n) is 14.9. The lowest BCUT2D eigenvalue weighted by molar-refractivity contribution is 0.628. The zero-order chi connectivity index (χ0) is 19.1. The summed E-state index contributed by atoms with van der Waals surface area (Å²) in [5.74, 6) is -0.227. The van der Waals surface area contributed by atoms with E-state index in [4.69, 9.17) is 0 Å². The van der Waals surface area contributed by atoms with Crippen LogP contribution in [-0.4, -0.2) is 4.57 Å². The number of benzene rings is 4. The lowest BCUT2D eigenvalue weighted by atomic mass is 10.1. The molecule has 5 rings (SSSR count). The number of para-hydroxylation sites is 2. The molecule has 1 heterocycles. The van der Waals surface area contributed by atoms with Crippen molar-refractivity contribution in [3.63, 3.8) is 0 Å². The Kier molecular flexibility index (Phi) is 4.28. The van der Waals surface area contributed by atoms with Crippen molar-refractivity contribution >= 4 is 56.0 Å². The van der Waals surface area contributed by atoms with E-state index in [9.17, 15) is 4.39 Å². The van der Waals surface area contributed by atoms with E-state index in [1.54, 1.807) is 12.1 Å². The summed E-state index contributed by atoms with van der Waals surface area (Å²) >= 11 is 2.26. The summed E-state index contributed by atoms with van der Waals surface area (Å²) in [6.45, 7) is 0. The lowest BCUT2D eigenvalue weighted by Crippen LogP contribution is -2.00. The maximum Gasteiger partial charge on any atom is 0.123 e. The second-order valence-corrected chi connectivity index (χ2v) is 7.61. The third-order valence-corrected chi connectivity index (χ3v) is 6.06. The number of anilines is 2. The van der Waals surface area contributed by atoms with E-state index in [1.807, 2.05) is 9.18 Å². The number of rotatable bonds is 3. The monoisotopic (exact) mass is 478 g/mol. The van der Waals surface area contributed by atoms with E-state index in [0.717, 1.165) is 17.1 Å². The minimum Gasteiger partial charge on any atom is -0.309 e. The first kappa shape index (κ1) is 17.3. The second-order valence-electron chi connectivity index (χ2n) is 6.65. The Morgan fingerprint density at radius 1 is 0.643 bits per heavy atom. The molecule has 4 aromatic carbocycles. The molecule has 0 amide bonds. The fourth-order valence-corrected chi connectivity index (χ4v) is 4.28. The molecule has 28 heavy (non-hydrogen) atoms. The predicted molar refractivity (Wildman–Crippen MR) is 123 cm³/mol. The molecule has 0 aliphatic heterocycles. The van der Waals surface area contributed by atoms with Gasteiger partial charge in [0.2, 0.25) is 0 Å². The summed E-state index contributed by atoms with van der Waals surface area (Å²) in [6.07, 6.45) is 0. The van der Waals surface area contributed by atoms with Crippen molar-refractivity contribution in [2.45, 2.75) is 0 Å². The average molecular weight is 478 g/mol. The summed E-state index contributed by atoms with van der Waals surface area (Å²) in [6, 6.07) is 31.9. The minimum atomic E-state index is -0.227. The molecule has 2 nitrogen and oxygen atoms in total. The first-order valence-electron chi connectivity index (χ1n) is 9.02. The van der Waals surface area contributed by atoms with Crippen LogP contribution in [0.25, 0.3) is 27.5 Å². The first-order chi connectivity index (χ1) is 13.7. The van der Waals surface area contributed by atoms with Crippen molar-refractivity contribution in [3.8, 4) is 5.69 Å². The number of halogens is 2. The summed E-state index contributed by atoms with van der Waals surface area (Å²) in [5, 5.41) is 2.41. The highest BCUT2D eigenvalue weighted by molar-refractivity contribution is 14.1. The third-order valence-electron chi connectivity index (χ3n) is 4.95. The van der Waals surface area contributed by atoms with E-state index in [0.29, 0.717) is 0 Å². The van der Waals surface area contributed by atoms with Crippen LogP contribution < -0.4 is 3.11 Å². The molecule has 0 bridgehead atoms. The van der Waals surface area contributed by atoms with Crippen LogP contribution in [0.3, 0.4) is 0 Å². The van der Waals surface area contributed by atoms with Gasteiger partial charge in [-0.25, -0.2) is 4.39 Å². The molecule has 0 saturated heterocycles. The van der Waals surface area contributed by atoms with E-state index in [1.165, 1.54) is 33.9 Å². The van der Waals surface area contributed by atoms with Crippen LogP contribution in [0.15, 0.2) is 97.1 Å². The lowest BCUT2D eigenvalue weighted by Gasteiger charge is -2.17. The van der Waals surface area contributed by atoms with Crippen LogP contribution in [0.5, 0.6) is 0 Å². The number of fused-ring (bicyclic) bond motifs is 3. The standard InChI is InChI=1S/C24H16FIN2/c25-17-10-12-19(13-11-17)28(26)20-14-15-24-22(16-20)21-8-4-5-9-23(21)27(24)18-6-2-1-3-7-18/h1-16H. The van der Waals surface area contributed by atoms with Gasteiger partial charge in [0.15, 0.2) is 0 Å². The first-order valence-corrected chi connectivity index (χ1v) is 9.99. The highest BCUT2D eigenvalue weighted by Crippen LogP contribution is 2.37. The number of nitrogens with zero attached hydrogens (tertiary/aromatic N) is 2. The quantitative estimate of drug-likeness (QED) is 0.194. The number of aromatic nitrogens is 1. The highest BCUT2D eigenvalue weighted by atomic mass is 127. The maximum absolute atomic E-state index is 13.3. The van der Waals surface area contributed by atoms with Crippen LogP contribution in [0.4, 0.5) is 15.8 Å². The molecule has 0 radical (unpaired) electrons. The Bertz CT molecular complexity index is 1280. The Hall–Kier alpha value is -2.86. The van der Waals surface area contributed by atoms with Crippen molar-refractivity contribution in [1.29, 1.82) is 0 Å². The maximum atomic E-state index is 13.3. The van der Waals surface area contributed by atoms with Gasteiger partial charge in [0.25, 0.3) is 0 Å². The van der Waals surface area contributed by atoms with Crippen molar-refractivity contribution in [2.75, 3.05) is 3.11 Å². The molecule has 0 N–H and O–H groups in total. The van der Waals surface area contributed by atoms with Gasteiger partial charge >= 0.3 is 0 Å². The SMILES string of the molecule is Fc1ccc(N(I)c2ccc3c(c2)c2ccccc2n3-c2ccccc2)cc1. The van der Waals surface area contributed by atoms with Crippen LogP contribution in [0.1, 0.15) is 0 Å². The van der Waals surface area contributed by atoms with Crippen molar-refractivity contribution in [3.05, 3.63) is 103 Å². The largest absolute Gasteiger partial charge is 0.309 e. The van der Waals surface area contributed by atoms with E-state index in [2.05, 4.69) is 94.2 Å². The Labute approximate surface area is 176 Å². The molecule has 0 atom stereocenters. The third kappa shape index (κ3) is 2.85. The molecule has 4 heteroatoms. The van der Waals surface area contributed by atoms with Gasteiger partial charge in [0.1, 0.15) is 5.82 Å². The van der Waals surface area contributed by atoms with Crippen molar-refractivity contribution in [2.24, 2.45) is 0 Å². The van der Waals surface area contributed by atoms with Gasteiger partial charge in [0, 0.05) is 16.5 Å². The predicted octanol–water partition coefficient (Wildman–Crippen LogP) is 7.41. The zero-order valence-corrected chi connectivity index (χ0v) is 17.0. The van der Waals surface area contributed by atoms with Gasteiger partial charge in [-0.2, -0.15) is 0 Å². The minimum absolute atomic E-state index is 0.227. The molecule has 1 aromatic heterocycles. The highest BCUT2D eigenvalue weighted by Gasteiger charge is 2.14. The molecule has 0 spiro atoms. The van der Waals surface area contributed by atoms with Crippen LogP contribution in [-0.2, 0) is 0 Å². The number of hydrogen-bond acceptors (Lipinski definition) is 1. The van der Waals surface area contributed by atoms with Crippen molar-refractivity contribution in [1.82, 2.24) is 4.57 Å². The fourth-order valence-electron chi connectivity index (χ4n) is 3.66. The van der Waals surface area contributed by atoms with Crippen LogP contribution in [0.2, 0.25) is 0 Å². The molecular weight excluding hydrogens is 462 g/mol. The second kappa shape index (κ2) is 6.95. The summed E-state index contributed by atoms with van der Waals surface area (Å²) in [5.41, 5.74) is 5.48. The molecular formula is C24H16FIN2. The van der Waals surface area contributed by atoms with Gasteiger partial charge in [-0.05, 0) is 60.7 Å². The van der Waals surface area contributed by atoms with Crippen LogP contribution >= 0.6 is 22.9 Å². The molecule has 5 aromatic rings. The molecule has 0 saturated carbocycles. The molecule has 0 aliphatic rings. The van der Waals surface area contributed by atoms with Gasteiger partial charge in [-0.15, -0.1) is 0 Å². The van der Waals surface area contributed by atoms with Gasteiger partial charge in [-0.1, -0.05) is 36.4 Å². The average Bonchev–Trinajstić information content (AvgIpc) is 3.08. The van der Waals surface area contributed by atoms with Gasteiger partial charge < -0.3 is 4.57 Å². The smallest absolute Gasteiger partial charge is 0.123 e.